The molecule has 3 aromatic rings. The Kier molecular flexibility index (Phi) is 7.17. The molecule has 0 aliphatic rings. The number of aryl methyl sites for hydroxylation is 1. The third kappa shape index (κ3) is 6.21. The lowest BCUT2D eigenvalue weighted by atomic mass is 10.1. The summed E-state index contributed by atoms with van der Waals surface area (Å²) in [5.41, 5.74) is -0.716. The molecule has 0 bridgehead atoms. The topological polar surface area (TPSA) is 77.2 Å². The molecule has 0 saturated carbocycles. The predicted molar refractivity (Wildman–Crippen MR) is 109 cm³/mol. The molecule has 31 heavy (non-hydrogen) atoms. The van der Waals surface area contributed by atoms with E-state index >= 15 is 0 Å². The van der Waals surface area contributed by atoms with E-state index in [0.29, 0.717) is 29.4 Å². The maximum atomic E-state index is 13.1. The monoisotopic (exact) mass is 453 g/mol. The number of nitrogens with one attached hydrogen (secondary N) is 1. The van der Waals surface area contributed by atoms with Gasteiger partial charge >= 0.3 is 6.18 Å². The number of carbonyl (C=O) groups is 1. The van der Waals surface area contributed by atoms with Crippen molar-refractivity contribution in [3.8, 4) is 17.1 Å². The van der Waals surface area contributed by atoms with Crippen LogP contribution in [0.3, 0.4) is 0 Å². The highest BCUT2D eigenvalue weighted by atomic mass is 35.5. The van der Waals surface area contributed by atoms with Gasteiger partial charge in [0, 0.05) is 17.0 Å². The van der Waals surface area contributed by atoms with Crippen molar-refractivity contribution in [1.29, 1.82) is 0 Å². The lowest BCUT2D eigenvalue weighted by Gasteiger charge is -2.14. The summed E-state index contributed by atoms with van der Waals surface area (Å²) in [5.74, 6) is 0.628. The first kappa shape index (κ1) is 22.6. The Bertz CT molecular complexity index is 1040. The number of anilines is 1. The van der Waals surface area contributed by atoms with Crippen molar-refractivity contribution in [2.45, 2.75) is 32.4 Å². The van der Waals surface area contributed by atoms with Crippen molar-refractivity contribution < 1.29 is 27.2 Å². The minimum atomic E-state index is -4.66. The average Bonchev–Trinajstić information content (AvgIpc) is 3.20. The Morgan fingerprint density at radius 1 is 1.19 bits per heavy atom. The van der Waals surface area contributed by atoms with E-state index in [4.69, 9.17) is 20.9 Å². The number of halogens is 4. The second-order valence-electron chi connectivity index (χ2n) is 6.66. The van der Waals surface area contributed by atoms with Crippen LogP contribution in [0.5, 0.6) is 5.75 Å². The summed E-state index contributed by atoms with van der Waals surface area (Å²) >= 11 is 5.63. The van der Waals surface area contributed by atoms with Crippen LogP contribution in [0.15, 0.2) is 47.0 Å². The van der Waals surface area contributed by atoms with Gasteiger partial charge < -0.3 is 14.6 Å². The van der Waals surface area contributed by atoms with Crippen molar-refractivity contribution in [3.05, 3.63) is 58.9 Å². The highest BCUT2D eigenvalue weighted by molar-refractivity contribution is 6.30. The van der Waals surface area contributed by atoms with Crippen LogP contribution in [0.1, 0.15) is 31.2 Å². The number of nitrogens with zero attached hydrogens (tertiary/aromatic N) is 2. The van der Waals surface area contributed by atoms with Crippen molar-refractivity contribution in [3.63, 3.8) is 0 Å². The number of amides is 1. The molecule has 0 radical (unpaired) electrons. The smallest absolute Gasteiger partial charge is 0.418 e. The summed E-state index contributed by atoms with van der Waals surface area (Å²) in [4.78, 5) is 16.4. The van der Waals surface area contributed by atoms with E-state index in [-0.39, 0.29) is 5.02 Å². The number of hydrogen-bond donors (Lipinski definition) is 1. The van der Waals surface area contributed by atoms with Gasteiger partial charge in [-0.05, 0) is 48.9 Å². The summed E-state index contributed by atoms with van der Waals surface area (Å²) < 4.78 is 49.9. The Balaban J connectivity index is 1.58. The van der Waals surface area contributed by atoms with Gasteiger partial charge in [-0.3, -0.25) is 4.79 Å². The lowest BCUT2D eigenvalue weighted by molar-refractivity contribution is -0.137. The Morgan fingerprint density at radius 3 is 2.61 bits per heavy atom. The van der Waals surface area contributed by atoms with E-state index < -0.39 is 29.9 Å². The molecule has 164 valence electrons. The predicted octanol–water partition coefficient (Wildman–Crippen LogP) is 5.77. The van der Waals surface area contributed by atoms with Crippen LogP contribution in [0.25, 0.3) is 11.4 Å². The Labute approximate surface area is 181 Å². The van der Waals surface area contributed by atoms with Crippen LogP contribution in [0, 0.1) is 0 Å². The molecular formula is C21H19ClF3N3O3. The maximum absolute atomic E-state index is 13.1. The second-order valence-corrected chi connectivity index (χ2v) is 7.10. The summed E-state index contributed by atoms with van der Waals surface area (Å²) in [5, 5.41) is 6.05. The fraction of sp³-hybridized carbons (Fsp3) is 0.286. The molecule has 6 nitrogen and oxygen atoms in total. The first-order chi connectivity index (χ1) is 14.8. The summed E-state index contributed by atoms with van der Waals surface area (Å²) in [7, 11) is 0. The molecular weight excluding hydrogens is 435 g/mol. The van der Waals surface area contributed by atoms with Crippen molar-refractivity contribution in [2.75, 3.05) is 11.9 Å². The average molecular weight is 454 g/mol. The Hall–Kier alpha value is -3.07. The fourth-order valence-corrected chi connectivity index (χ4v) is 2.87. The molecule has 3 rings (SSSR count). The minimum Gasteiger partial charge on any atom is -0.484 e. The molecule has 0 aliphatic heterocycles. The number of unbranched alkanes of at least 4 members (excludes halogenated alkanes) is 1. The number of ether oxygens (including phenoxy) is 1. The first-order valence-corrected chi connectivity index (χ1v) is 9.86. The normalized spacial score (nSPS) is 11.4. The van der Waals surface area contributed by atoms with Crippen molar-refractivity contribution >= 4 is 23.2 Å². The molecule has 0 fully saturated rings. The zero-order valence-corrected chi connectivity index (χ0v) is 17.3. The van der Waals surface area contributed by atoms with Crippen LogP contribution in [0.2, 0.25) is 5.02 Å². The quantitative estimate of drug-likeness (QED) is 0.468. The number of carbonyl (C=O) groups excluding carboxylic acids is 1. The summed E-state index contributed by atoms with van der Waals surface area (Å²) in [6, 6.07) is 9.71. The van der Waals surface area contributed by atoms with Crippen LogP contribution in [-0.4, -0.2) is 22.7 Å². The standard InChI is InChI=1S/C21H19ClF3N3O3/c1-2-3-4-19-27-20(28-31-19)13-5-8-15(9-6-13)30-12-18(29)26-17-10-7-14(22)11-16(17)21(23,24)25/h5-11H,2-4,12H2,1H3,(H,26,29). The van der Waals surface area contributed by atoms with Gasteiger partial charge in [-0.1, -0.05) is 30.1 Å². The zero-order valence-electron chi connectivity index (χ0n) is 16.5. The third-order valence-corrected chi connectivity index (χ3v) is 4.49. The van der Waals surface area contributed by atoms with Gasteiger partial charge in [0.05, 0.1) is 11.3 Å². The van der Waals surface area contributed by atoms with Gasteiger partial charge in [-0.25, -0.2) is 0 Å². The zero-order chi connectivity index (χ0) is 22.4. The number of hydrogen-bond acceptors (Lipinski definition) is 5. The van der Waals surface area contributed by atoms with Crippen molar-refractivity contribution in [2.24, 2.45) is 0 Å². The van der Waals surface area contributed by atoms with E-state index in [1.54, 1.807) is 24.3 Å². The van der Waals surface area contributed by atoms with Gasteiger partial charge in [0.15, 0.2) is 6.61 Å². The lowest BCUT2D eigenvalue weighted by Crippen LogP contribution is -2.22. The van der Waals surface area contributed by atoms with Crippen molar-refractivity contribution in [1.82, 2.24) is 10.1 Å². The molecule has 0 saturated heterocycles. The van der Waals surface area contributed by atoms with Gasteiger partial charge in [0.25, 0.3) is 5.91 Å². The van der Waals surface area contributed by atoms with Gasteiger partial charge in [0.1, 0.15) is 5.75 Å². The highest BCUT2D eigenvalue weighted by Crippen LogP contribution is 2.36. The van der Waals surface area contributed by atoms with Crippen LogP contribution >= 0.6 is 11.6 Å². The van der Waals surface area contributed by atoms with Crippen LogP contribution in [-0.2, 0) is 17.4 Å². The molecule has 1 amide bonds. The summed E-state index contributed by atoms with van der Waals surface area (Å²) in [6.07, 6.45) is -1.97. The highest BCUT2D eigenvalue weighted by Gasteiger charge is 2.34. The van der Waals surface area contributed by atoms with Gasteiger partial charge in [0.2, 0.25) is 11.7 Å². The molecule has 1 N–H and O–H groups in total. The van der Waals surface area contributed by atoms with E-state index in [2.05, 4.69) is 22.4 Å². The van der Waals surface area contributed by atoms with E-state index in [1.165, 1.54) is 6.07 Å². The van der Waals surface area contributed by atoms with E-state index in [0.717, 1.165) is 25.0 Å². The SMILES string of the molecule is CCCCc1nc(-c2ccc(OCC(=O)Nc3ccc(Cl)cc3C(F)(F)F)cc2)no1. The molecule has 1 heterocycles. The van der Waals surface area contributed by atoms with E-state index in [9.17, 15) is 18.0 Å². The number of benzene rings is 2. The third-order valence-electron chi connectivity index (χ3n) is 4.26. The van der Waals surface area contributed by atoms with E-state index in [1.807, 2.05) is 0 Å². The van der Waals surface area contributed by atoms with Crippen LogP contribution < -0.4 is 10.1 Å². The maximum Gasteiger partial charge on any atom is 0.418 e. The molecule has 2 aromatic carbocycles. The molecule has 10 heteroatoms. The van der Waals surface area contributed by atoms with Gasteiger partial charge in [-0.15, -0.1) is 0 Å². The second kappa shape index (κ2) is 9.82. The molecule has 0 unspecified atom stereocenters. The molecule has 0 aliphatic carbocycles. The molecule has 1 aromatic heterocycles. The number of alkyl halides is 3. The largest absolute Gasteiger partial charge is 0.484 e. The summed E-state index contributed by atoms with van der Waals surface area (Å²) in [6.45, 7) is 1.60. The number of rotatable bonds is 8. The van der Waals surface area contributed by atoms with Crippen LogP contribution in [0.4, 0.5) is 18.9 Å². The first-order valence-electron chi connectivity index (χ1n) is 9.48. The fourth-order valence-electron chi connectivity index (χ4n) is 2.70. The van der Waals surface area contributed by atoms with Gasteiger partial charge in [-0.2, -0.15) is 18.2 Å². The molecule has 0 spiro atoms. The minimum absolute atomic E-state index is 0.0826. The number of aromatic nitrogens is 2. The molecule has 0 atom stereocenters. The Morgan fingerprint density at radius 2 is 1.94 bits per heavy atom.